The van der Waals surface area contributed by atoms with Gasteiger partial charge < -0.3 is 0 Å². The number of amides is 2. The third-order valence-electron chi connectivity index (χ3n) is 3.21. The van der Waals surface area contributed by atoms with Crippen molar-refractivity contribution in [3.8, 4) is 0 Å². The Bertz CT molecular complexity index is 500. The van der Waals surface area contributed by atoms with Crippen molar-refractivity contribution in [3.63, 3.8) is 0 Å². The lowest BCUT2D eigenvalue weighted by atomic mass is 10.1. The number of benzene rings is 1. The zero-order chi connectivity index (χ0) is 13.3. The van der Waals surface area contributed by atoms with E-state index in [1.807, 2.05) is 6.92 Å². The van der Waals surface area contributed by atoms with E-state index in [2.05, 4.69) is 28.6 Å². The zero-order valence-corrected chi connectivity index (χ0v) is 12.5. The van der Waals surface area contributed by atoms with Crippen LogP contribution >= 0.6 is 28.6 Å². The fourth-order valence-corrected chi connectivity index (χ4v) is 2.74. The number of imide groups is 1. The summed E-state index contributed by atoms with van der Waals surface area (Å²) in [6.07, 6.45) is 0.903. The summed E-state index contributed by atoms with van der Waals surface area (Å²) in [6, 6.07) is 5.18. The van der Waals surface area contributed by atoms with Crippen LogP contribution in [0.15, 0.2) is 22.7 Å². The van der Waals surface area contributed by atoms with Gasteiger partial charge in [-0.3, -0.25) is 14.5 Å². The molecule has 1 aromatic carbocycles. The highest BCUT2D eigenvalue weighted by Gasteiger charge is 2.36. The van der Waals surface area contributed by atoms with Crippen LogP contribution in [0.1, 0.15) is 34.1 Å². The van der Waals surface area contributed by atoms with Crippen molar-refractivity contribution >= 4 is 40.4 Å². The van der Waals surface area contributed by atoms with E-state index in [9.17, 15) is 9.59 Å². The van der Waals surface area contributed by atoms with Gasteiger partial charge in [-0.25, -0.2) is 0 Å². The van der Waals surface area contributed by atoms with Gasteiger partial charge in [-0.1, -0.05) is 29.3 Å². The van der Waals surface area contributed by atoms with Gasteiger partial charge in [0.15, 0.2) is 0 Å². The molecule has 0 radical (unpaired) electrons. The molecule has 0 spiro atoms. The van der Waals surface area contributed by atoms with Crippen molar-refractivity contribution in [3.05, 3.63) is 33.8 Å². The molecule has 0 fully saturated rings. The van der Waals surface area contributed by atoms with E-state index in [0.29, 0.717) is 23.4 Å². The van der Waals surface area contributed by atoms with E-state index in [-0.39, 0.29) is 17.7 Å². The third kappa shape index (κ3) is 2.34. The maximum absolute atomic E-state index is 12.2. The number of thiol groups is 1. The Hall–Kier alpha value is -0.810. The molecular formula is C13H14BrNO2S. The molecule has 0 bridgehead atoms. The highest BCUT2D eigenvalue weighted by molar-refractivity contribution is 9.10. The van der Waals surface area contributed by atoms with Crippen LogP contribution in [-0.2, 0) is 0 Å². The summed E-state index contributed by atoms with van der Waals surface area (Å²) in [6.45, 7) is 2.49. The van der Waals surface area contributed by atoms with Crippen molar-refractivity contribution in [2.75, 3.05) is 12.3 Å². The normalized spacial score (nSPS) is 16.1. The van der Waals surface area contributed by atoms with E-state index in [0.717, 1.165) is 10.9 Å². The summed E-state index contributed by atoms with van der Waals surface area (Å²) in [4.78, 5) is 25.7. The smallest absolute Gasteiger partial charge is 0.261 e. The number of fused-ring (bicyclic) bond motifs is 1. The summed E-state index contributed by atoms with van der Waals surface area (Å²) < 4.78 is 0.811. The van der Waals surface area contributed by atoms with Gasteiger partial charge in [-0.2, -0.15) is 12.6 Å². The Morgan fingerprint density at radius 1 is 1.28 bits per heavy atom. The first-order chi connectivity index (χ1) is 8.58. The summed E-state index contributed by atoms with van der Waals surface area (Å²) >= 11 is 7.56. The summed E-state index contributed by atoms with van der Waals surface area (Å²) in [5.41, 5.74) is 0.987. The molecule has 0 N–H and O–H groups in total. The highest BCUT2D eigenvalue weighted by atomic mass is 79.9. The van der Waals surface area contributed by atoms with Crippen molar-refractivity contribution in [1.29, 1.82) is 0 Å². The van der Waals surface area contributed by atoms with Crippen LogP contribution in [0.5, 0.6) is 0 Å². The van der Waals surface area contributed by atoms with Crippen molar-refractivity contribution in [2.45, 2.75) is 13.3 Å². The number of nitrogens with zero attached hydrogens (tertiary/aromatic N) is 1. The fraction of sp³-hybridized carbons (Fsp3) is 0.385. The lowest BCUT2D eigenvalue weighted by Crippen LogP contribution is -2.35. The van der Waals surface area contributed by atoms with E-state index in [1.54, 1.807) is 18.2 Å². The fourth-order valence-electron chi connectivity index (χ4n) is 2.00. The molecule has 2 rings (SSSR count). The molecule has 0 aromatic heterocycles. The average Bonchev–Trinajstić information content (AvgIpc) is 2.60. The van der Waals surface area contributed by atoms with Crippen molar-refractivity contribution < 1.29 is 9.59 Å². The molecule has 3 nitrogen and oxygen atoms in total. The Morgan fingerprint density at radius 2 is 1.94 bits per heavy atom. The summed E-state index contributed by atoms with van der Waals surface area (Å²) in [7, 11) is 0. The molecule has 0 aliphatic carbocycles. The van der Waals surface area contributed by atoms with Crippen LogP contribution in [0.25, 0.3) is 0 Å². The van der Waals surface area contributed by atoms with Crippen molar-refractivity contribution in [1.82, 2.24) is 4.90 Å². The van der Waals surface area contributed by atoms with Crippen LogP contribution in [-0.4, -0.2) is 29.0 Å². The maximum Gasteiger partial charge on any atom is 0.261 e. The molecule has 1 atom stereocenters. The first-order valence-electron chi connectivity index (χ1n) is 5.85. The maximum atomic E-state index is 12.2. The Kier molecular flexibility index (Phi) is 4.12. The predicted octanol–water partition coefficient (Wildman–Crippen LogP) is 3.00. The molecule has 1 aliphatic rings. The summed E-state index contributed by atoms with van der Waals surface area (Å²) in [5, 5.41) is 0. The molecule has 2 amide bonds. The molecule has 0 saturated carbocycles. The van der Waals surface area contributed by atoms with E-state index < -0.39 is 0 Å². The van der Waals surface area contributed by atoms with Crippen LogP contribution < -0.4 is 0 Å². The predicted molar refractivity (Wildman–Crippen MR) is 77.1 cm³/mol. The minimum absolute atomic E-state index is 0.192. The quantitative estimate of drug-likeness (QED) is 0.681. The van der Waals surface area contributed by atoms with E-state index >= 15 is 0 Å². The number of hydrogen-bond acceptors (Lipinski definition) is 3. The summed E-state index contributed by atoms with van der Waals surface area (Å²) in [5.74, 6) is 0.534. The molecule has 1 aliphatic heterocycles. The number of carbonyl (C=O) groups is 2. The first kappa shape index (κ1) is 13.6. The molecule has 18 heavy (non-hydrogen) atoms. The van der Waals surface area contributed by atoms with Crippen LogP contribution in [0.3, 0.4) is 0 Å². The molecule has 1 unspecified atom stereocenters. The van der Waals surface area contributed by atoms with Gasteiger partial charge in [0.1, 0.15) is 0 Å². The van der Waals surface area contributed by atoms with Gasteiger partial charge in [-0.05, 0) is 29.9 Å². The van der Waals surface area contributed by atoms with Gasteiger partial charge in [0.05, 0.1) is 11.1 Å². The highest BCUT2D eigenvalue weighted by Crippen LogP contribution is 2.27. The topological polar surface area (TPSA) is 37.4 Å². The van der Waals surface area contributed by atoms with Gasteiger partial charge in [-0.15, -0.1) is 0 Å². The van der Waals surface area contributed by atoms with E-state index in [4.69, 9.17) is 0 Å². The molecule has 5 heteroatoms. The minimum atomic E-state index is -0.198. The number of carbonyl (C=O) groups excluding carboxylic acids is 2. The van der Waals surface area contributed by atoms with Gasteiger partial charge in [0.2, 0.25) is 0 Å². The van der Waals surface area contributed by atoms with Crippen LogP contribution in [0, 0.1) is 5.92 Å². The SMILES string of the molecule is CCC(CS)CN1C(=O)c2ccc(Br)cc2C1=O. The third-order valence-corrected chi connectivity index (χ3v) is 4.22. The Morgan fingerprint density at radius 3 is 2.56 bits per heavy atom. The molecule has 1 heterocycles. The van der Waals surface area contributed by atoms with Gasteiger partial charge in [0, 0.05) is 11.0 Å². The standard InChI is InChI=1S/C13H14BrNO2S/c1-2-8(7-18)6-15-12(16)10-4-3-9(14)5-11(10)13(15)17/h3-5,8,18H,2,6-7H2,1H3. The zero-order valence-electron chi connectivity index (χ0n) is 10.0. The lowest BCUT2D eigenvalue weighted by Gasteiger charge is -2.19. The molecule has 96 valence electrons. The van der Waals surface area contributed by atoms with Gasteiger partial charge in [0.25, 0.3) is 11.8 Å². The number of hydrogen-bond donors (Lipinski definition) is 1. The number of halogens is 1. The van der Waals surface area contributed by atoms with Crippen LogP contribution in [0.4, 0.5) is 0 Å². The molecule has 1 aromatic rings. The molecule has 0 saturated heterocycles. The second-order valence-corrected chi connectivity index (χ2v) is 5.65. The Balaban J connectivity index is 2.28. The second kappa shape index (κ2) is 5.45. The van der Waals surface area contributed by atoms with Crippen LogP contribution in [0.2, 0.25) is 0 Å². The van der Waals surface area contributed by atoms with Crippen molar-refractivity contribution in [2.24, 2.45) is 5.92 Å². The molecular weight excluding hydrogens is 314 g/mol. The second-order valence-electron chi connectivity index (χ2n) is 4.37. The average molecular weight is 328 g/mol. The first-order valence-corrected chi connectivity index (χ1v) is 7.27. The monoisotopic (exact) mass is 327 g/mol. The lowest BCUT2D eigenvalue weighted by molar-refractivity contribution is 0.0633. The largest absolute Gasteiger partial charge is 0.274 e. The minimum Gasteiger partial charge on any atom is -0.274 e. The van der Waals surface area contributed by atoms with E-state index in [1.165, 1.54) is 4.90 Å². The Labute approximate surface area is 120 Å². The number of rotatable bonds is 4. The van der Waals surface area contributed by atoms with Gasteiger partial charge >= 0.3 is 0 Å².